The number of hydrogen-bond acceptors (Lipinski definition) is 4. The summed E-state index contributed by atoms with van der Waals surface area (Å²) >= 11 is 0. The zero-order chi connectivity index (χ0) is 20.2. The molecule has 2 aromatic carbocycles. The van der Waals surface area contributed by atoms with Crippen molar-refractivity contribution in [2.45, 2.75) is 6.54 Å². The van der Waals surface area contributed by atoms with Crippen LogP contribution < -0.4 is 10.9 Å². The maximum absolute atomic E-state index is 13.0. The van der Waals surface area contributed by atoms with Gasteiger partial charge in [-0.25, -0.2) is 0 Å². The molecular weight excluding hydrogens is 368 g/mol. The molecule has 146 valence electrons. The molecule has 0 aromatic heterocycles. The van der Waals surface area contributed by atoms with E-state index in [9.17, 15) is 9.59 Å². The molecule has 0 aliphatic carbocycles. The monoisotopic (exact) mass is 388 g/mol. The number of amides is 1. The Balaban J connectivity index is 1.83. The van der Waals surface area contributed by atoms with Gasteiger partial charge in [0, 0.05) is 31.7 Å². The standard InChI is InChI=1S/C22H20N4O3/c1-29-13-12-25-14-18(21(27)23-16-8-4-2-5-9-16)20-19(15-25)22(28)26(24-20)17-10-6-3-7-11-17/h2-11,14-15H,12-13H2,1H3,(H,23,27). The highest BCUT2D eigenvalue weighted by Gasteiger charge is 2.24. The Morgan fingerprint density at radius 2 is 1.72 bits per heavy atom. The molecule has 0 atom stereocenters. The van der Waals surface area contributed by atoms with E-state index in [2.05, 4.69) is 10.4 Å². The van der Waals surface area contributed by atoms with Crippen molar-refractivity contribution >= 4 is 11.6 Å². The van der Waals surface area contributed by atoms with Gasteiger partial charge in [-0.05, 0) is 24.3 Å². The zero-order valence-electron chi connectivity index (χ0n) is 15.9. The Morgan fingerprint density at radius 3 is 2.41 bits per heavy atom. The summed E-state index contributed by atoms with van der Waals surface area (Å²) in [4.78, 5) is 26.0. The Hall–Kier alpha value is -3.71. The molecule has 7 nitrogen and oxygen atoms in total. The van der Waals surface area contributed by atoms with Crippen LogP contribution in [-0.4, -0.2) is 34.0 Å². The number of methoxy groups -OCH3 is 1. The van der Waals surface area contributed by atoms with Crippen LogP contribution in [0.4, 0.5) is 5.69 Å². The minimum atomic E-state index is -0.328. The molecule has 0 saturated carbocycles. The van der Waals surface area contributed by atoms with Crippen LogP contribution in [0.2, 0.25) is 0 Å². The number of aromatic nitrogens is 3. The smallest absolute Gasteiger partial charge is 0.282 e. The van der Waals surface area contributed by atoms with Crippen molar-refractivity contribution in [2.75, 3.05) is 19.0 Å². The van der Waals surface area contributed by atoms with Gasteiger partial charge in [0.25, 0.3) is 11.5 Å². The summed E-state index contributed by atoms with van der Waals surface area (Å²) in [6.07, 6.45) is 3.41. The number of carbonyl (C=O) groups is 1. The quantitative estimate of drug-likeness (QED) is 0.551. The fraction of sp³-hybridized carbons (Fsp3) is 0.136. The topological polar surface area (TPSA) is 78.2 Å². The summed E-state index contributed by atoms with van der Waals surface area (Å²) in [5, 5.41) is 7.33. The van der Waals surface area contributed by atoms with Gasteiger partial charge in [-0.2, -0.15) is 9.78 Å². The summed E-state index contributed by atoms with van der Waals surface area (Å²) in [5.41, 5.74) is 2.11. The summed E-state index contributed by atoms with van der Waals surface area (Å²) in [5.74, 6) is -0.328. The molecule has 0 bridgehead atoms. The number of para-hydroxylation sites is 2. The van der Waals surface area contributed by atoms with Crippen LogP contribution in [0.15, 0.2) is 77.9 Å². The lowest BCUT2D eigenvalue weighted by molar-refractivity contribution is 0.102. The van der Waals surface area contributed by atoms with E-state index in [1.165, 1.54) is 4.68 Å². The van der Waals surface area contributed by atoms with Gasteiger partial charge in [0.1, 0.15) is 5.69 Å². The molecule has 0 saturated heterocycles. The average molecular weight is 388 g/mol. The molecule has 7 heteroatoms. The number of rotatable bonds is 6. The highest BCUT2D eigenvalue weighted by Crippen LogP contribution is 2.23. The van der Waals surface area contributed by atoms with Crippen LogP contribution in [0.25, 0.3) is 16.9 Å². The molecule has 1 amide bonds. The predicted octanol–water partition coefficient (Wildman–Crippen LogP) is 3.04. The fourth-order valence-electron chi connectivity index (χ4n) is 3.12. The largest absolute Gasteiger partial charge is 0.383 e. The van der Waals surface area contributed by atoms with E-state index in [4.69, 9.17) is 4.74 Å². The van der Waals surface area contributed by atoms with Gasteiger partial charge < -0.3 is 14.6 Å². The first-order chi connectivity index (χ1) is 14.2. The van der Waals surface area contributed by atoms with Crippen LogP contribution >= 0.6 is 0 Å². The van der Waals surface area contributed by atoms with Gasteiger partial charge in [0.05, 0.1) is 23.4 Å². The number of anilines is 1. The summed E-state index contributed by atoms with van der Waals surface area (Å²) in [7, 11) is 1.61. The first-order valence-corrected chi connectivity index (χ1v) is 9.21. The number of carbonyl (C=O) groups excluding carboxylic acids is 1. The first kappa shape index (κ1) is 18.6. The normalized spacial score (nSPS) is 10.9. The lowest BCUT2D eigenvalue weighted by atomic mass is 10.1. The van der Waals surface area contributed by atoms with Crippen molar-refractivity contribution < 1.29 is 9.53 Å². The molecule has 2 aliphatic heterocycles. The minimum Gasteiger partial charge on any atom is -0.383 e. The summed E-state index contributed by atoms with van der Waals surface area (Å²) in [6, 6.07) is 18.3. The van der Waals surface area contributed by atoms with Crippen LogP contribution in [0, 0.1) is 0 Å². The van der Waals surface area contributed by atoms with Crippen molar-refractivity contribution in [1.29, 1.82) is 0 Å². The Labute approximate surface area is 167 Å². The Kier molecular flexibility index (Phi) is 5.22. The lowest BCUT2D eigenvalue weighted by Gasteiger charge is -2.12. The summed E-state index contributed by atoms with van der Waals surface area (Å²) < 4.78 is 8.24. The van der Waals surface area contributed by atoms with E-state index in [1.807, 2.05) is 36.4 Å². The van der Waals surface area contributed by atoms with Crippen molar-refractivity contribution in [3.63, 3.8) is 0 Å². The third-order valence-corrected chi connectivity index (χ3v) is 4.55. The molecular formula is C22H20N4O3. The van der Waals surface area contributed by atoms with E-state index >= 15 is 0 Å². The average Bonchev–Trinajstić information content (AvgIpc) is 3.09. The number of ether oxygens (including phenoxy) is 1. The molecule has 4 rings (SSSR count). The lowest BCUT2D eigenvalue weighted by Crippen LogP contribution is -2.18. The second-order valence-corrected chi connectivity index (χ2v) is 6.54. The van der Waals surface area contributed by atoms with E-state index in [1.54, 1.807) is 48.3 Å². The predicted molar refractivity (Wildman–Crippen MR) is 111 cm³/mol. The highest BCUT2D eigenvalue weighted by molar-refractivity contribution is 6.08. The Bertz CT molecular complexity index is 1150. The van der Waals surface area contributed by atoms with Crippen LogP contribution in [0.3, 0.4) is 0 Å². The number of fused-ring (bicyclic) bond motifs is 1. The molecule has 2 aliphatic rings. The second kappa shape index (κ2) is 8.12. The molecule has 0 unspecified atom stereocenters. The van der Waals surface area contributed by atoms with Gasteiger partial charge in [0.15, 0.2) is 0 Å². The maximum atomic E-state index is 13.0. The van der Waals surface area contributed by atoms with Crippen molar-refractivity contribution in [2.24, 2.45) is 0 Å². The van der Waals surface area contributed by atoms with Crippen LogP contribution in [-0.2, 0) is 11.3 Å². The zero-order valence-corrected chi connectivity index (χ0v) is 15.9. The fourth-order valence-corrected chi connectivity index (χ4v) is 3.12. The van der Waals surface area contributed by atoms with E-state index in [0.717, 1.165) is 0 Å². The first-order valence-electron chi connectivity index (χ1n) is 9.21. The molecule has 0 fully saturated rings. The number of hydrogen-bond donors (Lipinski definition) is 1. The minimum absolute atomic E-state index is 0.272. The van der Waals surface area contributed by atoms with E-state index in [-0.39, 0.29) is 11.5 Å². The third-order valence-electron chi connectivity index (χ3n) is 4.55. The molecule has 2 aromatic rings. The van der Waals surface area contributed by atoms with Gasteiger partial charge in [-0.3, -0.25) is 9.59 Å². The maximum Gasteiger partial charge on any atom is 0.282 e. The highest BCUT2D eigenvalue weighted by atomic mass is 16.5. The Morgan fingerprint density at radius 1 is 1.03 bits per heavy atom. The summed E-state index contributed by atoms with van der Waals surface area (Å²) in [6.45, 7) is 0.963. The molecule has 0 spiro atoms. The third kappa shape index (κ3) is 3.81. The molecule has 0 radical (unpaired) electrons. The van der Waals surface area contributed by atoms with Crippen molar-refractivity contribution in [1.82, 2.24) is 14.3 Å². The van der Waals surface area contributed by atoms with Crippen molar-refractivity contribution in [3.8, 4) is 16.9 Å². The van der Waals surface area contributed by atoms with Gasteiger partial charge in [0.2, 0.25) is 0 Å². The van der Waals surface area contributed by atoms with Crippen LogP contribution in [0.1, 0.15) is 10.4 Å². The van der Waals surface area contributed by atoms with Gasteiger partial charge >= 0.3 is 0 Å². The van der Waals surface area contributed by atoms with Crippen LogP contribution in [0.5, 0.6) is 0 Å². The van der Waals surface area contributed by atoms with E-state index < -0.39 is 0 Å². The number of pyridine rings is 1. The molecule has 2 heterocycles. The number of nitrogens with zero attached hydrogens (tertiary/aromatic N) is 3. The number of nitrogens with one attached hydrogen (secondary N) is 1. The van der Waals surface area contributed by atoms with E-state index in [0.29, 0.717) is 41.3 Å². The van der Waals surface area contributed by atoms with Gasteiger partial charge in [-0.1, -0.05) is 36.4 Å². The second-order valence-electron chi connectivity index (χ2n) is 6.54. The van der Waals surface area contributed by atoms with Crippen molar-refractivity contribution in [3.05, 3.63) is 89.0 Å². The SMILES string of the molecule is COCCn1cc(C(=O)Nc2ccccc2)c2nn(-c3ccccc3)c(=O)c-2c1. The molecule has 1 N–H and O–H groups in total. The van der Waals surface area contributed by atoms with Gasteiger partial charge in [-0.15, -0.1) is 0 Å². The molecule has 29 heavy (non-hydrogen) atoms. The number of benzene rings is 2.